The zero-order chi connectivity index (χ0) is 23.1. The zero-order valence-corrected chi connectivity index (χ0v) is 17.1. The fourth-order valence-electron chi connectivity index (χ4n) is 4.35. The fraction of sp³-hybridized carbons (Fsp3) is 0.500. The summed E-state index contributed by atoms with van der Waals surface area (Å²) in [6, 6.07) is 3.78. The molecule has 0 spiro atoms. The number of hydrogen-bond donors (Lipinski definition) is 5. The van der Waals surface area contributed by atoms with Crippen molar-refractivity contribution in [1.82, 2.24) is 10.6 Å². The van der Waals surface area contributed by atoms with Crippen molar-refractivity contribution in [2.75, 3.05) is 5.32 Å². The van der Waals surface area contributed by atoms with Crippen LogP contribution in [0.25, 0.3) is 0 Å². The lowest BCUT2D eigenvalue weighted by molar-refractivity contribution is -0.147. The number of benzene rings is 1. The molecule has 1 aromatic carbocycles. The van der Waals surface area contributed by atoms with Gasteiger partial charge in [0, 0.05) is 18.4 Å². The lowest BCUT2D eigenvalue weighted by Crippen LogP contribution is -2.58. The van der Waals surface area contributed by atoms with Gasteiger partial charge in [-0.2, -0.15) is 0 Å². The van der Waals surface area contributed by atoms with E-state index in [1.807, 2.05) is 0 Å². The number of ether oxygens (including phenoxy) is 1. The van der Waals surface area contributed by atoms with Crippen molar-refractivity contribution in [1.29, 1.82) is 0 Å². The predicted octanol–water partition coefficient (Wildman–Crippen LogP) is 2.01. The molecule has 0 radical (unpaired) electrons. The van der Waals surface area contributed by atoms with E-state index in [0.29, 0.717) is 0 Å². The number of anilines is 1. The molecule has 5 atom stereocenters. The lowest BCUT2D eigenvalue weighted by Gasteiger charge is -2.31. The minimum Gasteiger partial charge on any atom is -0.481 e. The molecule has 0 saturated heterocycles. The molecule has 2 fully saturated rings. The number of fused-ring (bicyclic) bond motifs is 1. The Bertz CT molecular complexity index is 932. The number of para-hydroxylation sites is 1. The molecule has 3 rings (SSSR count). The maximum atomic E-state index is 13.8. The Morgan fingerprint density at radius 3 is 2.35 bits per heavy atom. The third-order valence-corrected chi connectivity index (χ3v) is 5.48. The highest BCUT2D eigenvalue weighted by molar-refractivity contribution is 5.92. The number of amides is 3. The first kappa shape index (κ1) is 22.3. The van der Waals surface area contributed by atoms with Crippen molar-refractivity contribution < 1.29 is 38.5 Å². The first-order valence-corrected chi connectivity index (χ1v) is 9.65. The molecular formula is C20H24FN3O7. The van der Waals surface area contributed by atoms with Crippen LogP contribution in [0.1, 0.15) is 27.2 Å². The van der Waals surface area contributed by atoms with Gasteiger partial charge >= 0.3 is 24.1 Å². The van der Waals surface area contributed by atoms with Crippen molar-refractivity contribution >= 4 is 29.8 Å². The van der Waals surface area contributed by atoms with E-state index in [4.69, 9.17) is 4.74 Å². The number of alkyl carbamates (subject to hydrolysis) is 1. The van der Waals surface area contributed by atoms with Crippen LogP contribution in [0.3, 0.4) is 0 Å². The predicted molar refractivity (Wildman–Crippen MR) is 105 cm³/mol. The molecule has 2 saturated carbocycles. The van der Waals surface area contributed by atoms with Gasteiger partial charge in [0.25, 0.3) is 0 Å². The molecule has 0 bridgehead atoms. The molecule has 2 aliphatic carbocycles. The Balaban J connectivity index is 1.79. The highest BCUT2D eigenvalue weighted by Crippen LogP contribution is 2.62. The molecular weight excluding hydrogens is 413 g/mol. The molecule has 168 valence electrons. The summed E-state index contributed by atoms with van der Waals surface area (Å²) >= 11 is 0. The van der Waals surface area contributed by atoms with E-state index in [0.717, 1.165) is 6.07 Å². The van der Waals surface area contributed by atoms with Gasteiger partial charge in [-0.3, -0.25) is 4.79 Å². The van der Waals surface area contributed by atoms with Crippen molar-refractivity contribution in [3.05, 3.63) is 30.1 Å². The third kappa shape index (κ3) is 4.39. The van der Waals surface area contributed by atoms with Gasteiger partial charge in [0.05, 0.1) is 11.6 Å². The Kier molecular flexibility index (Phi) is 5.55. The lowest BCUT2D eigenvalue weighted by atomic mass is 9.89. The Morgan fingerprint density at radius 2 is 1.81 bits per heavy atom. The standard InChI is InChI=1S/C20H24FN3O7/c1-19(2,3)31-18(30)24-20(16(27)28)8-11(12-13(14(12)20)15(25)26)23-17(29)22-10-7-5-4-6-9(10)21/h4-7,11-14H,8H2,1-3H3,(H,24,30)(H,25,26)(H,27,28)(H2,22,23,29). The second-order valence-corrected chi connectivity index (χ2v) is 8.76. The van der Waals surface area contributed by atoms with Crippen LogP contribution in [0, 0.1) is 23.6 Å². The van der Waals surface area contributed by atoms with Gasteiger partial charge < -0.3 is 30.9 Å². The molecule has 10 nitrogen and oxygen atoms in total. The van der Waals surface area contributed by atoms with Gasteiger partial charge in [-0.25, -0.2) is 18.8 Å². The minimum absolute atomic E-state index is 0.0866. The van der Waals surface area contributed by atoms with Gasteiger partial charge in [-0.15, -0.1) is 0 Å². The van der Waals surface area contributed by atoms with E-state index in [1.165, 1.54) is 18.2 Å². The molecule has 11 heteroatoms. The Morgan fingerprint density at radius 1 is 1.16 bits per heavy atom. The number of nitrogens with one attached hydrogen (secondary N) is 3. The van der Waals surface area contributed by atoms with Crippen molar-refractivity contribution in [3.8, 4) is 0 Å². The topological polar surface area (TPSA) is 154 Å². The number of carbonyl (C=O) groups is 4. The first-order valence-electron chi connectivity index (χ1n) is 9.65. The normalized spacial score (nSPS) is 28.8. The number of carbonyl (C=O) groups excluding carboxylic acids is 2. The van der Waals surface area contributed by atoms with Gasteiger partial charge in [0.15, 0.2) is 0 Å². The second kappa shape index (κ2) is 7.71. The maximum Gasteiger partial charge on any atom is 0.408 e. The quantitative estimate of drug-likeness (QED) is 0.472. The summed E-state index contributed by atoms with van der Waals surface area (Å²) in [4.78, 5) is 48.5. The van der Waals surface area contributed by atoms with Crippen molar-refractivity contribution in [2.24, 2.45) is 17.8 Å². The number of rotatable bonds is 5. The average Bonchev–Trinajstić information content (AvgIpc) is 3.30. The van der Waals surface area contributed by atoms with Gasteiger partial charge in [-0.1, -0.05) is 12.1 Å². The van der Waals surface area contributed by atoms with Crippen LogP contribution >= 0.6 is 0 Å². The summed E-state index contributed by atoms with van der Waals surface area (Å²) in [5, 5.41) is 26.6. The number of aliphatic carboxylic acids is 2. The van der Waals surface area contributed by atoms with Crippen LogP contribution < -0.4 is 16.0 Å². The van der Waals surface area contributed by atoms with Gasteiger partial charge in [0.2, 0.25) is 0 Å². The SMILES string of the molecule is CC(C)(C)OC(=O)NC1(C(=O)O)CC(NC(=O)Nc2ccccc2F)C2C(C(=O)O)C21. The molecule has 3 amide bonds. The van der Waals surface area contributed by atoms with E-state index in [2.05, 4.69) is 16.0 Å². The summed E-state index contributed by atoms with van der Waals surface area (Å²) in [5.41, 5.74) is -2.91. The number of halogens is 1. The van der Waals surface area contributed by atoms with Gasteiger partial charge in [0.1, 0.15) is 17.0 Å². The molecule has 31 heavy (non-hydrogen) atoms. The summed E-state index contributed by atoms with van der Waals surface area (Å²) in [6.07, 6.45) is -1.24. The van der Waals surface area contributed by atoms with Crippen LogP contribution in [-0.2, 0) is 14.3 Å². The molecule has 5 unspecified atom stereocenters. The number of carboxylic acid groups (broad SMARTS) is 2. The van der Waals surface area contributed by atoms with Crippen LogP contribution in [0.2, 0.25) is 0 Å². The van der Waals surface area contributed by atoms with E-state index < -0.39 is 64.8 Å². The first-order chi connectivity index (χ1) is 14.4. The summed E-state index contributed by atoms with van der Waals surface area (Å²) in [7, 11) is 0. The van der Waals surface area contributed by atoms with Crippen LogP contribution in [0.5, 0.6) is 0 Å². The van der Waals surface area contributed by atoms with Crippen LogP contribution in [-0.4, -0.2) is 51.5 Å². The fourth-order valence-corrected chi connectivity index (χ4v) is 4.35. The Hall–Kier alpha value is -3.37. The monoisotopic (exact) mass is 437 g/mol. The smallest absolute Gasteiger partial charge is 0.408 e. The molecule has 0 aromatic heterocycles. The number of hydrogen-bond acceptors (Lipinski definition) is 5. The minimum atomic E-state index is -1.92. The molecule has 0 heterocycles. The number of urea groups is 1. The third-order valence-electron chi connectivity index (χ3n) is 5.48. The largest absolute Gasteiger partial charge is 0.481 e. The summed E-state index contributed by atoms with van der Waals surface area (Å²) in [5.74, 6) is -6.03. The molecule has 2 aliphatic rings. The summed E-state index contributed by atoms with van der Waals surface area (Å²) < 4.78 is 18.9. The Labute approximate surface area is 177 Å². The van der Waals surface area contributed by atoms with Crippen molar-refractivity contribution in [3.63, 3.8) is 0 Å². The van der Waals surface area contributed by atoms with E-state index in [1.54, 1.807) is 20.8 Å². The summed E-state index contributed by atoms with van der Waals surface area (Å²) in [6.45, 7) is 4.81. The molecule has 1 aromatic rings. The molecule has 5 N–H and O–H groups in total. The highest BCUT2D eigenvalue weighted by Gasteiger charge is 2.76. The average molecular weight is 437 g/mol. The van der Waals surface area contributed by atoms with Gasteiger partial charge in [-0.05, 0) is 38.8 Å². The molecule has 0 aliphatic heterocycles. The second-order valence-electron chi connectivity index (χ2n) is 8.76. The number of carboxylic acids is 2. The van der Waals surface area contributed by atoms with E-state index >= 15 is 0 Å². The zero-order valence-electron chi connectivity index (χ0n) is 17.1. The highest BCUT2D eigenvalue weighted by atomic mass is 19.1. The van der Waals surface area contributed by atoms with Crippen molar-refractivity contribution in [2.45, 2.75) is 44.4 Å². The van der Waals surface area contributed by atoms with Crippen LogP contribution in [0.15, 0.2) is 24.3 Å². The maximum absolute atomic E-state index is 13.8. The van der Waals surface area contributed by atoms with E-state index in [-0.39, 0.29) is 12.1 Å². The van der Waals surface area contributed by atoms with E-state index in [9.17, 15) is 33.8 Å². The van der Waals surface area contributed by atoms with Crippen LogP contribution in [0.4, 0.5) is 19.7 Å².